The van der Waals surface area contributed by atoms with E-state index < -0.39 is 11.6 Å². The van der Waals surface area contributed by atoms with E-state index in [1.165, 1.54) is 18.2 Å². The van der Waals surface area contributed by atoms with Gasteiger partial charge in [0.05, 0.1) is 11.2 Å². The predicted molar refractivity (Wildman–Crippen MR) is 63.9 cm³/mol. The summed E-state index contributed by atoms with van der Waals surface area (Å²) in [6, 6.07) is 3.89. The van der Waals surface area contributed by atoms with E-state index in [0.717, 1.165) is 12.1 Å². The summed E-state index contributed by atoms with van der Waals surface area (Å²) in [6.45, 7) is 0.847. The summed E-state index contributed by atoms with van der Waals surface area (Å²) in [5.41, 5.74) is 2.86. The van der Waals surface area contributed by atoms with Gasteiger partial charge in [0.25, 0.3) is 0 Å². The summed E-state index contributed by atoms with van der Waals surface area (Å²) in [7, 11) is 0. The predicted octanol–water partition coefficient (Wildman–Crippen LogP) is 2.75. The van der Waals surface area contributed by atoms with Gasteiger partial charge < -0.3 is 5.32 Å². The molecule has 90 valence electrons. The minimum Gasteiger partial charge on any atom is -0.312 e. The van der Waals surface area contributed by atoms with Gasteiger partial charge in [-0.05, 0) is 12.1 Å². The van der Waals surface area contributed by atoms with Gasteiger partial charge in [0.1, 0.15) is 11.6 Å². The highest BCUT2D eigenvalue weighted by Gasteiger charge is 2.07. The maximum absolute atomic E-state index is 13.3. The Morgan fingerprint density at radius 2 is 2.00 bits per heavy atom. The summed E-state index contributed by atoms with van der Waals surface area (Å²) in [5, 5.41) is 4.97. The largest absolute Gasteiger partial charge is 0.312 e. The summed E-state index contributed by atoms with van der Waals surface area (Å²) < 4.78 is 26.5. The van der Waals surface area contributed by atoms with Gasteiger partial charge >= 0.3 is 0 Å². The SMILES string of the molecule is Fc1cccc(F)c1CNCCc1cscn1. The summed E-state index contributed by atoms with van der Waals surface area (Å²) >= 11 is 1.54. The number of thiazole rings is 1. The van der Waals surface area contributed by atoms with Crippen LogP contribution < -0.4 is 5.32 Å². The Hall–Kier alpha value is -1.33. The molecule has 2 aromatic rings. The standard InChI is InChI=1S/C12H12F2N2S/c13-11-2-1-3-12(14)10(11)6-15-5-4-9-7-17-8-16-9/h1-3,7-8,15H,4-6H2. The van der Waals surface area contributed by atoms with Crippen LogP contribution >= 0.6 is 11.3 Å². The Kier molecular flexibility index (Phi) is 4.17. The van der Waals surface area contributed by atoms with Crippen LogP contribution in [0.15, 0.2) is 29.1 Å². The second-order valence-electron chi connectivity index (χ2n) is 3.61. The number of hydrogen-bond donors (Lipinski definition) is 1. The van der Waals surface area contributed by atoms with Gasteiger partial charge in [0.2, 0.25) is 0 Å². The molecule has 1 heterocycles. The van der Waals surface area contributed by atoms with E-state index in [1.807, 2.05) is 5.38 Å². The summed E-state index contributed by atoms with van der Waals surface area (Å²) in [4.78, 5) is 4.13. The van der Waals surface area contributed by atoms with Gasteiger partial charge in [-0.3, -0.25) is 0 Å². The van der Waals surface area contributed by atoms with Crippen LogP contribution in [-0.4, -0.2) is 11.5 Å². The van der Waals surface area contributed by atoms with Gasteiger partial charge in [-0.1, -0.05) is 6.07 Å². The zero-order chi connectivity index (χ0) is 12.1. The molecular formula is C12H12F2N2S. The normalized spacial score (nSPS) is 10.7. The first-order valence-corrected chi connectivity index (χ1v) is 6.22. The van der Waals surface area contributed by atoms with E-state index >= 15 is 0 Å². The number of aromatic nitrogens is 1. The molecule has 5 heteroatoms. The molecule has 1 N–H and O–H groups in total. The van der Waals surface area contributed by atoms with Gasteiger partial charge in [-0.15, -0.1) is 11.3 Å². The van der Waals surface area contributed by atoms with Crippen LogP contribution in [0, 0.1) is 11.6 Å². The molecule has 0 atom stereocenters. The van der Waals surface area contributed by atoms with Crippen molar-refractivity contribution in [2.45, 2.75) is 13.0 Å². The number of halogens is 2. The third-order valence-corrected chi connectivity index (χ3v) is 3.04. The average Bonchev–Trinajstić information content (AvgIpc) is 2.80. The molecule has 0 aliphatic rings. The van der Waals surface area contributed by atoms with E-state index in [2.05, 4.69) is 10.3 Å². The Bertz CT molecular complexity index is 451. The quantitative estimate of drug-likeness (QED) is 0.830. The molecule has 2 rings (SSSR count). The molecule has 17 heavy (non-hydrogen) atoms. The molecule has 0 fully saturated rings. The highest BCUT2D eigenvalue weighted by molar-refractivity contribution is 7.07. The molecule has 0 spiro atoms. The van der Waals surface area contributed by atoms with Gasteiger partial charge in [-0.2, -0.15) is 0 Å². The molecule has 0 saturated heterocycles. The lowest BCUT2D eigenvalue weighted by Crippen LogP contribution is -2.18. The minimum atomic E-state index is -0.508. The van der Waals surface area contributed by atoms with Crippen LogP contribution in [0.5, 0.6) is 0 Å². The lowest BCUT2D eigenvalue weighted by atomic mass is 10.2. The van der Waals surface area contributed by atoms with Crippen molar-refractivity contribution in [3.63, 3.8) is 0 Å². The van der Waals surface area contributed by atoms with Crippen LogP contribution in [0.25, 0.3) is 0 Å². The topological polar surface area (TPSA) is 24.9 Å². The Morgan fingerprint density at radius 1 is 1.24 bits per heavy atom. The van der Waals surface area contributed by atoms with Crippen LogP contribution in [0.3, 0.4) is 0 Å². The average molecular weight is 254 g/mol. The molecule has 0 aliphatic heterocycles. The van der Waals surface area contributed by atoms with Gasteiger partial charge in [-0.25, -0.2) is 13.8 Å². The maximum Gasteiger partial charge on any atom is 0.130 e. The highest BCUT2D eigenvalue weighted by Crippen LogP contribution is 2.11. The van der Waals surface area contributed by atoms with E-state index in [9.17, 15) is 8.78 Å². The number of rotatable bonds is 5. The van der Waals surface area contributed by atoms with Crippen LogP contribution in [0.4, 0.5) is 8.78 Å². The molecule has 0 radical (unpaired) electrons. The second-order valence-corrected chi connectivity index (χ2v) is 4.33. The molecule has 0 saturated carbocycles. The van der Waals surface area contributed by atoms with Crippen molar-refractivity contribution in [3.05, 3.63) is 52.0 Å². The third-order valence-electron chi connectivity index (χ3n) is 2.40. The van der Waals surface area contributed by atoms with Crippen molar-refractivity contribution in [1.82, 2.24) is 10.3 Å². The van der Waals surface area contributed by atoms with Crippen LogP contribution in [-0.2, 0) is 13.0 Å². The fourth-order valence-corrected chi connectivity index (χ4v) is 2.08. The molecular weight excluding hydrogens is 242 g/mol. The molecule has 1 aromatic carbocycles. The Balaban J connectivity index is 1.82. The molecule has 1 aromatic heterocycles. The summed E-state index contributed by atoms with van der Waals surface area (Å²) in [6.07, 6.45) is 0.763. The number of benzene rings is 1. The van der Waals surface area contributed by atoms with Gasteiger partial charge in [0.15, 0.2) is 0 Å². The minimum absolute atomic E-state index is 0.0887. The summed E-state index contributed by atoms with van der Waals surface area (Å²) in [5.74, 6) is -1.02. The van der Waals surface area contributed by atoms with E-state index in [0.29, 0.717) is 6.54 Å². The molecule has 0 unspecified atom stereocenters. The van der Waals surface area contributed by atoms with E-state index in [4.69, 9.17) is 0 Å². The fraction of sp³-hybridized carbons (Fsp3) is 0.250. The fourth-order valence-electron chi connectivity index (χ4n) is 1.49. The number of hydrogen-bond acceptors (Lipinski definition) is 3. The lowest BCUT2D eigenvalue weighted by Gasteiger charge is -2.06. The lowest BCUT2D eigenvalue weighted by molar-refractivity contribution is 0.536. The van der Waals surface area contributed by atoms with Crippen molar-refractivity contribution in [2.24, 2.45) is 0 Å². The molecule has 0 aliphatic carbocycles. The van der Waals surface area contributed by atoms with Crippen molar-refractivity contribution in [1.29, 1.82) is 0 Å². The molecule has 2 nitrogen and oxygen atoms in total. The number of nitrogens with zero attached hydrogens (tertiary/aromatic N) is 1. The smallest absolute Gasteiger partial charge is 0.130 e. The Morgan fingerprint density at radius 3 is 2.65 bits per heavy atom. The van der Waals surface area contributed by atoms with Gasteiger partial charge in [0, 0.05) is 30.5 Å². The first kappa shape index (κ1) is 12.1. The highest BCUT2D eigenvalue weighted by atomic mass is 32.1. The van der Waals surface area contributed by atoms with Crippen LogP contribution in [0.2, 0.25) is 0 Å². The zero-order valence-electron chi connectivity index (χ0n) is 9.12. The van der Waals surface area contributed by atoms with E-state index in [-0.39, 0.29) is 12.1 Å². The first-order chi connectivity index (χ1) is 8.27. The monoisotopic (exact) mass is 254 g/mol. The Labute approximate surface area is 102 Å². The third kappa shape index (κ3) is 3.31. The van der Waals surface area contributed by atoms with Crippen molar-refractivity contribution in [2.75, 3.05) is 6.54 Å². The molecule has 0 amide bonds. The van der Waals surface area contributed by atoms with Crippen molar-refractivity contribution in [3.8, 4) is 0 Å². The van der Waals surface area contributed by atoms with Crippen molar-refractivity contribution >= 4 is 11.3 Å². The zero-order valence-corrected chi connectivity index (χ0v) is 9.94. The first-order valence-electron chi connectivity index (χ1n) is 5.28. The van der Waals surface area contributed by atoms with E-state index in [1.54, 1.807) is 16.8 Å². The molecule has 0 bridgehead atoms. The van der Waals surface area contributed by atoms with Crippen LogP contribution in [0.1, 0.15) is 11.3 Å². The number of nitrogens with one attached hydrogen (secondary N) is 1. The maximum atomic E-state index is 13.3. The second kappa shape index (κ2) is 5.84. The van der Waals surface area contributed by atoms with Crippen molar-refractivity contribution < 1.29 is 8.78 Å².